The molecule has 2 nitrogen and oxygen atoms in total. The van der Waals surface area contributed by atoms with Gasteiger partial charge in [-0.05, 0) is 50.6 Å². The summed E-state index contributed by atoms with van der Waals surface area (Å²) in [5.41, 5.74) is 1.42. The van der Waals surface area contributed by atoms with E-state index in [1.54, 1.807) is 0 Å². The first-order valence-electron chi connectivity index (χ1n) is 6.80. The van der Waals surface area contributed by atoms with E-state index in [9.17, 15) is 5.11 Å². The van der Waals surface area contributed by atoms with Gasteiger partial charge >= 0.3 is 0 Å². The molecule has 94 valence electrons. The number of benzene rings is 1. The summed E-state index contributed by atoms with van der Waals surface area (Å²) in [7, 11) is 0. The predicted octanol–water partition coefficient (Wildman–Crippen LogP) is 2.51. The predicted molar refractivity (Wildman–Crippen MR) is 71.0 cm³/mol. The van der Waals surface area contributed by atoms with E-state index in [-0.39, 0.29) is 6.10 Å². The highest BCUT2D eigenvalue weighted by atomic mass is 16.3. The molecule has 0 amide bonds. The van der Waals surface area contributed by atoms with Crippen molar-refractivity contribution in [2.45, 2.75) is 50.7 Å². The molecule has 1 aromatic rings. The smallest absolute Gasteiger partial charge is 0.0541 e. The summed E-state index contributed by atoms with van der Waals surface area (Å²) in [5.74, 6) is 0. The number of aliphatic hydroxyl groups is 1. The molecule has 2 heteroatoms. The lowest BCUT2D eigenvalue weighted by molar-refractivity contribution is 0.117. The molecule has 2 rings (SSSR count). The Morgan fingerprint density at radius 3 is 2.47 bits per heavy atom. The van der Waals surface area contributed by atoms with Gasteiger partial charge in [0, 0.05) is 6.04 Å². The Kier molecular flexibility index (Phi) is 5.02. The summed E-state index contributed by atoms with van der Waals surface area (Å²) < 4.78 is 0. The van der Waals surface area contributed by atoms with Gasteiger partial charge in [0.05, 0.1) is 6.10 Å². The Labute approximate surface area is 104 Å². The number of hydrogen-bond acceptors (Lipinski definition) is 2. The molecule has 0 saturated heterocycles. The summed E-state index contributed by atoms with van der Waals surface area (Å²) in [5, 5.41) is 13.0. The van der Waals surface area contributed by atoms with Crippen molar-refractivity contribution in [3.8, 4) is 0 Å². The molecule has 1 aliphatic rings. The van der Waals surface area contributed by atoms with Gasteiger partial charge in [0.15, 0.2) is 0 Å². The molecule has 0 atom stereocenters. The Balaban J connectivity index is 1.57. The Hall–Kier alpha value is -0.860. The minimum Gasteiger partial charge on any atom is -0.393 e. The normalized spacial score (nSPS) is 24.8. The first-order chi connectivity index (χ1) is 8.34. The minimum atomic E-state index is -0.0441. The van der Waals surface area contributed by atoms with Crippen molar-refractivity contribution in [1.29, 1.82) is 0 Å². The van der Waals surface area contributed by atoms with Crippen LogP contribution in [0.1, 0.15) is 37.7 Å². The third-order valence-corrected chi connectivity index (χ3v) is 3.61. The van der Waals surface area contributed by atoms with E-state index in [1.165, 1.54) is 12.0 Å². The number of rotatable bonds is 5. The molecule has 0 unspecified atom stereocenters. The molecule has 1 aliphatic carbocycles. The van der Waals surface area contributed by atoms with Crippen molar-refractivity contribution < 1.29 is 5.11 Å². The van der Waals surface area contributed by atoms with Gasteiger partial charge in [0.25, 0.3) is 0 Å². The average Bonchev–Trinajstić information content (AvgIpc) is 2.38. The molecule has 0 spiro atoms. The zero-order valence-corrected chi connectivity index (χ0v) is 10.4. The van der Waals surface area contributed by atoms with Crippen LogP contribution in [0, 0.1) is 0 Å². The molecule has 0 radical (unpaired) electrons. The van der Waals surface area contributed by atoms with Crippen molar-refractivity contribution in [1.82, 2.24) is 5.32 Å². The molecule has 1 aromatic carbocycles. The van der Waals surface area contributed by atoms with Gasteiger partial charge in [0.1, 0.15) is 0 Å². The van der Waals surface area contributed by atoms with Gasteiger partial charge in [-0.15, -0.1) is 0 Å². The zero-order chi connectivity index (χ0) is 11.9. The first kappa shape index (κ1) is 12.6. The van der Waals surface area contributed by atoms with Crippen LogP contribution in [0.5, 0.6) is 0 Å². The number of hydrogen-bond donors (Lipinski definition) is 2. The zero-order valence-electron chi connectivity index (χ0n) is 10.4. The molecule has 0 aliphatic heterocycles. The van der Waals surface area contributed by atoms with Crippen molar-refractivity contribution >= 4 is 0 Å². The van der Waals surface area contributed by atoms with E-state index < -0.39 is 0 Å². The Bertz CT molecular complexity index is 304. The fourth-order valence-electron chi connectivity index (χ4n) is 2.52. The van der Waals surface area contributed by atoms with Crippen molar-refractivity contribution in [2.24, 2.45) is 0 Å². The van der Waals surface area contributed by atoms with Gasteiger partial charge in [-0.3, -0.25) is 0 Å². The van der Waals surface area contributed by atoms with Crippen molar-refractivity contribution in [3.63, 3.8) is 0 Å². The maximum atomic E-state index is 9.42. The number of nitrogens with one attached hydrogen (secondary N) is 1. The molecule has 0 heterocycles. The fourth-order valence-corrected chi connectivity index (χ4v) is 2.52. The van der Waals surface area contributed by atoms with E-state index in [4.69, 9.17) is 0 Å². The molecular weight excluding hydrogens is 210 g/mol. The largest absolute Gasteiger partial charge is 0.393 e. The van der Waals surface area contributed by atoms with Crippen LogP contribution in [0.3, 0.4) is 0 Å². The highest BCUT2D eigenvalue weighted by Gasteiger charge is 2.18. The second-order valence-corrected chi connectivity index (χ2v) is 5.05. The maximum Gasteiger partial charge on any atom is 0.0541 e. The minimum absolute atomic E-state index is 0.0441. The molecule has 1 saturated carbocycles. The van der Waals surface area contributed by atoms with Gasteiger partial charge in [0.2, 0.25) is 0 Å². The van der Waals surface area contributed by atoms with Crippen molar-refractivity contribution in [3.05, 3.63) is 35.9 Å². The van der Waals surface area contributed by atoms with Crippen LogP contribution in [0.25, 0.3) is 0 Å². The molecule has 0 bridgehead atoms. The Morgan fingerprint density at radius 2 is 1.76 bits per heavy atom. The standard InChI is InChI=1S/C15H23NO/c17-15-10-8-14(9-11-15)16-12-4-7-13-5-2-1-3-6-13/h1-3,5-6,14-17H,4,7-12H2. The number of aryl methyl sites for hydroxylation is 1. The van der Waals surface area contributed by atoms with Crippen LogP contribution in [-0.2, 0) is 6.42 Å². The van der Waals surface area contributed by atoms with Crippen LogP contribution < -0.4 is 5.32 Å². The second kappa shape index (κ2) is 6.77. The molecule has 0 aromatic heterocycles. The van der Waals surface area contributed by atoms with E-state index in [0.717, 1.165) is 38.6 Å². The van der Waals surface area contributed by atoms with Crippen molar-refractivity contribution in [2.75, 3.05) is 6.54 Å². The fraction of sp³-hybridized carbons (Fsp3) is 0.600. The van der Waals surface area contributed by atoms with Gasteiger partial charge in [-0.1, -0.05) is 30.3 Å². The SMILES string of the molecule is OC1CCC(NCCCc2ccccc2)CC1. The monoisotopic (exact) mass is 233 g/mol. The Morgan fingerprint density at radius 1 is 1.06 bits per heavy atom. The summed E-state index contributed by atoms with van der Waals surface area (Å²) in [6.07, 6.45) is 6.51. The highest BCUT2D eigenvalue weighted by molar-refractivity contribution is 5.14. The third-order valence-electron chi connectivity index (χ3n) is 3.61. The lowest BCUT2D eigenvalue weighted by Crippen LogP contribution is -2.35. The average molecular weight is 233 g/mol. The van der Waals surface area contributed by atoms with Crippen LogP contribution in [-0.4, -0.2) is 23.8 Å². The lowest BCUT2D eigenvalue weighted by atomic mass is 9.93. The topological polar surface area (TPSA) is 32.3 Å². The van der Waals surface area contributed by atoms with Gasteiger partial charge < -0.3 is 10.4 Å². The van der Waals surface area contributed by atoms with Crippen LogP contribution in [0.4, 0.5) is 0 Å². The maximum absolute atomic E-state index is 9.42. The highest BCUT2D eigenvalue weighted by Crippen LogP contribution is 2.18. The molecule has 2 N–H and O–H groups in total. The lowest BCUT2D eigenvalue weighted by Gasteiger charge is -2.26. The molecule has 17 heavy (non-hydrogen) atoms. The van der Waals surface area contributed by atoms with Crippen LogP contribution in [0.15, 0.2) is 30.3 Å². The first-order valence-corrected chi connectivity index (χ1v) is 6.80. The van der Waals surface area contributed by atoms with E-state index in [2.05, 4.69) is 35.6 Å². The van der Waals surface area contributed by atoms with Gasteiger partial charge in [-0.25, -0.2) is 0 Å². The van der Waals surface area contributed by atoms with E-state index in [1.807, 2.05) is 0 Å². The summed E-state index contributed by atoms with van der Waals surface area (Å²) in [6, 6.07) is 11.3. The third kappa shape index (κ3) is 4.49. The van der Waals surface area contributed by atoms with Crippen LogP contribution in [0.2, 0.25) is 0 Å². The summed E-state index contributed by atoms with van der Waals surface area (Å²) >= 11 is 0. The summed E-state index contributed by atoms with van der Waals surface area (Å²) in [6.45, 7) is 1.09. The van der Waals surface area contributed by atoms with Crippen LogP contribution >= 0.6 is 0 Å². The quantitative estimate of drug-likeness (QED) is 0.766. The van der Waals surface area contributed by atoms with E-state index >= 15 is 0 Å². The van der Waals surface area contributed by atoms with E-state index in [0.29, 0.717) is 6.04 Å². The molecule has 1 fully saturated rings. The van der Waals surface area contributed by atoms with Gasteiger partial charge in [-0.2, -0.15) is 0 Å². The molecular formula is C15H23NO. The summed E-state index contributed by atoms with van der Waals surface area (Å²) in [4.78, 5) is 0. The number of aliphatic hydroxyl groups excluding tert-OH is 1. The second-order valence-electron chi connectivity index (χ2n) is 5.05.